The van der Waals surface area contributed by atoms with E-state index >= 15 is 0 Å². The number of aromatic amines is 1. The van der Waals surface area contributed by atoms with E-state index in [1.165, 1.54) is 6.33 Å². The standard InChI is InChI=1S/C21H18ClN5O3/c22-11-7-15-18(25-10-24-15)16(8-11)26-17(28)9-23-20(29)19-13-3-1-2-4-14(13)21(30)27(19)12-5-6-12/h1-4,7-8,10,12,19H,5-6,9H2,(H,23,29)(H,24,25)(H,26,28)/t19-/m0/s1. The molecule has 3 N–H and O–H groups in total. The quantitative estimate of drug-likeness (QED) is 0.586. The highest BCUT2D eigenvalue weighted by Gasteiger charge is 2.47. The second-order valence-electron chi connectivity index (χ2n) is 7.45. The van der Waals surface area contributed by atoms with Gasteiger partial charge in [-0.15, -0.1) is 0 Å². The summed E-state index contributed by atoms with van der Waals surface area (Å²) in [6.45, 7) is -0.234. The largest absolute Gasteiger partial charge is 0.345 e. The van der Waals surface area contributed by atoms with Gasteiger partial charge in [0.2, 0.25) is 11.8 Å². The van der Waals surface area contributed by atoms with Crippen LogP contribution in [0.2, 0.25) is 5.02 Å². The Bertz CT molecular complexity index is 1190. The molecule has 152 valence electrons. The van der Waals surface area contributed by atoms with Crippen molar-refractivity contribution in [3.63, 3.8) is 0 Å². The number of halogens is 1. The molecule has 9 heteroatoms. The van der Waals surface area contributed by atoms with Crippen molar-refractivity contribution in [2.75, 3.05) is 11.9 Å². The molecule has 30 heavy (non-hydrogen) atoms. The van der Waals surface area contributed by atoms with Crippen LogP contribution < -0.4 is 10.6 Å². The van der Waals surface area contributed by atoms with Crippen LogP contribution >= 0.6 is 11.6 Å². The number of hydrogen-bond donors (Lipinski definition) is 3. The molecule has 3 aromatic rings. The summed E-state index contributed by atoms with van der Waals surface area (Å²) in [5.74, 6) is -0.908. The third-order valence-corrected chi connectivity index (χ3v) is 5.59. The predicted molar refractivity (Wildman–Crippen MR) is 111 cm³/mol. The molecular formula is C21H18ClN5O3. The number of fused-ring (bicyclic) bond motifs is 2. The molecular weight excluding hydrogens is 406 g/mol. The van der Waals surface area contributed by atoms with Crippen molar-refractivity contribution in [1.82, 2.24) is 20.2 Å². The smallest absolute Gasteiger partial charge is 0.255 e. The van der Waals surface area contributed by atoms with Crippen LogP contribution in [0.25, 0.3) is 11.0 Å². The van der Waals surface area contributed by atoms with E-state index in [1.807, 2.05) is 6.07 Å². The third-order valence-electron chi connectivity index (χ3n) is 5.37. The van der Waals surface area contributed by atoms with Crippen LogP contribution in [0.1, 0.15) is 34.8 Å². The van der Waals surface area contributed by atoms with Crippen molar-refractivity contribution in [2.24, 2.45) is 0 Å². The minimum atomic E-state index is -0.710. The molecule has 0 saturated heterocycles. The molecule has 5 rings (SSSR count). The van der Waals surface area contributed by atoms with Gasteiger partial charge in [-0.2, -0.15) is 0 Å². The fraction of sp³-hybridized carbons (Fsp3) is 0.238. The zero-order valence-electron chi connectivity index (χ0n) is 15.8. The molecule has 3 amide bonds. The van der Waals surface area contributed by atoms with Gasteiger partial charge in [0.1, 0.15) is 11.6 Å². The number of nitrogens with one attached hydrogen (secondary N) is 3. The van der Waals surface area contributed by atoms with E-state index in [9.17, 15) is 14.4 Å². The van der Waals surface area contributed by atoms with E-state index in [4.69, 9.17) is 11.6 Å². The van der Waals surface area contributed by atoms with Gasteiger partial charge in [-0.1, -0.05) is 29.8 Å². The van der Waals surface area contributed by atoms with E-state index in [2.05, 4.69) is 20.6 Å². The molecule has 0 bridgehead atoms. The van der Waals surface area contributed by atoms with E-state index in [-0.39, 0.29) is 24.4 Å². The highest BCUT2D eigenvalue weighted by atomic mass is 35.5. The molecule has 2 heterocycles. The average molecular weight is 424 g/mol. The van der Waals surface area contributed by atoms with Crippen LogP contribution in [0, 0.1) is 0 Å². The molecule has 1 saturated carbocycles. The Kier molecular flexibility index (Phi) is 4.43. The Balaban J connectivity index is 1.30. The minimum Gasteiger partial charge on any atom is -0.345 e. The lowest BCUT2D eigenvalue weighted by molar-refractivity contribution is -0.127. The van der Waals surface area contributed by atoms with Crippen LogP contribution in [0.15, 0.2) is 42.7 Å². The number of amides is 3. The van der Waals surface area contributed by atoms with Crippen molar-refractivity contribution >= 4 is 46.0 Å². The second-order valence-corrected chi connectivity index (χ2v) is 7.89. The van der Waals surface area contributed by atoms with E-state index in [0.29, 0.717) is 32.9 Å². The maximum atomic E-state index is 13.0. The third kappa shape index (κ3) is 3.19. The molecule has 2 aliphatic rings. The first-order chi connectivity index (χ1) is 14.5. The highest BCUT2D eigenvalue weighted by molar-refractivity contribution is 6.32. The van der Waals surface area contributed by atoms with Gasteiger partial charge >= 0.3 is 0 Å². The predicted octanol–water partition coefficient (Wildman–Crippen LogP) is 2.63. The normalized spacial score (nSPS) is 17.8. The number of hydrogen-bond acceptors (Lipinski definition) is 4. The SMILES string of the molecule is O=C(CNC(=O)[C@@H]1c2ccccc2C(=O)N1C1CC1)Nc1cc(Cl)cc2[nH]cnc12. The number of aromatic nitrogens is 2. The average Bonchev–Trinajstić information content (AvgIpc) is 3.38. The number of benzene rings is 2. The van der Waals surface area contributed by atoms with E-state index in [1.54, 1.807) is 35.2 Å². The summed E-state index contributed by atoms with van der Waals surface area (Å²) in [7, 11) is 0. The molecule has 1 atom stereocenters. The lowest BCUT2D eigenvalue weighted by Gasteiger charge is -2.24. The molecule has 1 aliphatic heterocycles. The lowest BCUT2D eigenvalue weighted by Crippen LogP contribution is -2.42. The van der Waals surface area contributed by atoms with Crippen molar-refractivity contribution in [2.45, 2.75) is 24.9 Å². The van der Waals surface area contributed by atoms with Crippen molar-refractivity contribution < 1.29 is 14.4 Å². The van der Waals surface area contributed by atoms with Crippen LogP contribution in [-0.4, -0.2) is 45.2 Å². The van der Waals surface area contributed by atoms with Gasteiger partial charge in [0.25, 0.3) is 5.91 Å². The van der Waals surface area contributed by atoms with Gasteiger partial charge in [-0.05, 0) is 36.6 Å². The summed E-state index contributed by atoms with van der Waals surface area (Å²) in [4.78, 5) is 46.9. The van der Waals surface area contributed by atoms with Gasteiger partial charge < -0.3 is 20.5 Å². The second kappa shape index (κ2) is 7.14. The van der Waals surface area contributed by atoms with Gasteiger partial charge in [0.05, 0.1) is 24.1 Å². The monoisotopic (exact) mass is 423 g/mol. The molecule has 2 aromatic carbocycles. The van der Waals surface area contributed by atoms with Crippen molar-refractivity contribution in [3.8, 4) is 0 Å². The van der Waals surface area contributed by atoms with Crippen molar-refractivity contribution in [1.29, 1.82) is 0 Å². The number of carbonyl (C=O) groups excluding carboxylic acids is 3. The molecule has 1 fully saturated rings. The number of H-pyrrole nitrogens is 1. The van der Waals surface area contributed by atoms with E-state index in [0.717, 1.165) is 12.8 Å². The number of anilines is 1. The lowest BCUT2D eigenvalue weighted by atomic mass is 10.0. The Morgan fingerprint density at radius 3 is 2.83 bits per heavy atom. The Morgan fingerprint density at radius 2 is 2.03 bits per heavy atom. The molecule has 0 spiro atoms. The summed E-state index contributed by atoms with van der Waals surface area (Å²) in [6.07, 6.45) is 3.29. The summed E-state index contributed by atoms with van der Waals surface area (Å²) in [5, 5.41) is 5.85. The summed E-state index contributed by atoms with van der Waals surface area (Å²) >= 11 is 6.08. The number of carbonyl (C=O) groups is 3. The van der Waals surface area contributed by atoms with Crippen LogP contribution in [-0.2, 0) is 9.59 Å². The topological polar surface area (TPSA) is 107 Å². The molecule has 1 aliphatic carbocycles. The minimum absolute atomic E-state index is 0.0777. The number of imidazole rings is 1. The molecule has 0 unspecified atom stereocenters. The first kappa shape index (κ1) is 18.6. The molecule has 8 nitrogen and oxygen atoms in total. The summed E-state index contributed by atoms with van der Waals surface area (Å²) in [5.41, 5.74) is 2.96. The van der Waals surface area contributed by atoms with Crippen molar-refractivity contribution in [3.05, 3.63) is 58.9 Å². The zero-order valence-corrected chi connectivity index (χ0v) is 16.6. The number of rotatable bonds is 5. The Hall–Kier alpha value is -3.39. The Morgan fingerprint density at radius 1 is 1.23 bits per heavy atom. The molecule has 1 aromatic heterocycles. The summed E-state index contributed by atoms with van der Waals surface area (Å²) in [6, 6.07) is 9.81. The highest BCUT2D eigenvalue weighted by Crippen LogP contribution is 2.41. The first-order valence-corrected chi connectivity index (χ1v) is 10.0. The summed E-state index contributed by atoms with van der Waals surface area (Å²) < 4.78 is 0. The van der Waals surface area contributed by atoms with Crippen LogP contribution in [0.5, 0.6) is 0 Å². The number of nitrogens with zero attached hydrogens (tertiary/aromatic N) is 2. The van der Waals surface area contributed by atoms with E-state index < -0.39 is 11.9 Å². The first-order valence-electron chi connectivity index (χ1n) is 9.64. The fourth-order valence-electron chi connectivity index (χ4n) is 3.90. The van der Waals surface area contributed by atoms with Gasteiger partial charge in [0, 0.05) is 16.6 Å². The van der Waals surface area contributed by atoms with Crippen LogP contribution in [0.4, 0.5) is 5.69 Å². The van der Waals surface area contributed by atoms with Gasteiger partial charge in [-0.25, -0.2) is 4.98 Å². The fourth-order valence-corrected chi connectivity index (χ4v) is 4.12. The maximum Gasteiger partial charge on any atom is 0.255 e. The van der Waals surface area contributed by atoms with Crippen LogP contribution in [0.3, 0.4) is 0 Å². The maximum absolute atomic E-state index is 13.0. The van der Waals surface area contributed by atoms with Gasteiger partial charge in [-0.3, -0.25) is 14.4 Å². The Labute approximate surface area is 176 Å². The molecule has 0 radical (unpaired) electrons. The zero-order chi connectivity index (χ0) is 20.8. The van der Waals surface area contributed by atoms with Gasteiger partial charge in [0.15, 0.2) is 0 Å².